The highest BCUT2D eigenvalue weighted by Crippen LogP contribution is 2.44. The molecule has 1 aromatic heterocycles. The standard InChI is InChI=1S/C22H25N3O4/c1-28-13-11-23-20(27)14-25-17-8-3-2-6-15(17)24-16-7-4-9-18(26)21(16)22(25)19-10-5-12-29-19/h2-3,5-6,8,10,12,22,24H,4,7,9,11,13-14H2,1H3,(H,23,27)/t22-/m1/s1. The quantitative estimate of drug-likeness (QED) is 0.732. The summed E-state index contributed by atoms with van der Waals surface area (Å²) < 4.78 is 10.8. The van der Waals surface area contributed by atoms with Crippen molar-refractivity contribution in [1.29, 1.82) is 0 Å². The highest BCUT2D eigenvalue weighted by molar-refractivity contribution is 6.01. The lowest BCUT2D eigenvalue weighted by molar-refractivity contribution is -0.120. The van der Waals surface area contributed by atoms with Gasteiger partial charge in [-0.1, -0.05) is 12.1 Å². The molecule has 0 saturated heterocycles. The number of anilines is 2. The molecule has 4 rings (SSSR count). The number of furan rings is 1. The molecule has 7 heteroatoms. The van der Waals surface area contributed by atoms with E-state index in [1.165, 1.54) is 0 Å². The monoisotopic (exact) mass is 395 g/mol. The zero-order valence-electron chi connectivity index (χ0n) is 16.4. The lowest BCUT2D eigenvalue weighted by Gasteiger charge is -2.33. The fourth-order valence-corrected chi connectivity index (χ4v) is 4.02. The molecule has 1 aromatic carbocycles. The molecule has 7 nitrogen and oxygen atoms in total. The van der Waals surface area contributed by atoms with E-state index >= 15 is 0 Å². The second-order valence-corrected chi connectivity index (χ2v) is 7.20. The van der Waals surface area contributed by atoms with Gasteiger partial charge in [-0.25, -0.2) is 0 Å². The highest BCUT2D eigenvalue weighted by Gasteiger charge is 2.38. The third kappa shape index (κ3) is 3.91. The van der Waals surface area contributed by atoms with Gasteiger partial charge in [0.2, 0.25) is 5.91 Å². The molecule has 0 saturated carbocycles. The summed E-state index contributed by atoms with van der Waals surface area (Å²) >= 11 is 0. The van der Waals surface area contributed by atoms with E-state index in [9.17, 15) is 9.59 Å². The molecule has 2 heterocycles. The summed E-state index contributed by atoms with van der Waals surface area (Å²) in [5, 5.41) is 6.34. The molecule has 29 heavy (non-hydrogen) atoms. The number of fused-ring (bicyclic) bond motifs is 1. The summed E-state index contributed by atoms with van der Waals surface area (Å²) in [6.07, 6.45) is 3.71. The van der Waals surface area contributed by atoms with Crippen molar-refractivity contribution in [2.75, 3.05) is 37.0 Å². The third-order valence-electron chi connectivity index (χ3n) is 5.30. The molecule has 0 unspecified atom stereocenters. The van der Waals surface area contributed by atoms with E-state index in [2.05, 4.69) is 10.6 Å². The molecular formula is C22H25N3O4. The Morgan fingerprint density at radius 3 is 2.93 bits per heavy atom. The van der Waals surface area contributed by atoms with Gasteiger partial charge in [0.1, 0.15) is 11.8 Å². The van der Waals surface area contributed by atoms with Crippen molar-refractivity contribution in [3.8, 4) is 0 Å². The van der Waals surface area contributed by atoms with Crippen LogP contribution in [0.4, 0.5) is 11.4 Å². The lowest BCUT2D eigenvalue weighted by atomic mass is 9.88. The summed E-state index contributed by atoms with van der Waals surface area (Å²) in [5.41, 5.74) is 3.34. The van der Waals surface area contributed by atoms with Gasteiger partial charge in [-0.05, 0) is 37.1 Å². The predicted octanol–water partition coefficient (Wildman–Crippen LogP) is 3.02. The van der Waals surface area contributed by atoms with E-state index in [4.69, 9.17) is 9.15 Å². The van der Waals surface area contributed by atoms with Crippen molar-refractivity contribution in [3.63, 3.8) is 0 Å². The van der Waals surface area contributed by atoms with Gasteiger partial charge >= 0.3 is 0 Å². The van der Waals surface area contributed by atoms with Gasteiger partial charge in [0.25, 0.3) is 0 Å². The van der Waals surface area contributed by atoms with E-state index in [1.807, 2.05) is 41.3 Å². The smallest absolute Gasteiger partial charge is 0.239 e. The Morgan fingerprint density at radius 1 is 1.28 bits per heavy atom. The Labute approximate surface area is 169 Å². The molecule has 0 radical (unpaired) electrons. The number of methoxy groups -OCH3 is 1. The number of ketones is 1. The minimum atomic E-state index is -0.461. The Morgan fingerprint density at radius 2 is 2.14 bits per heavy atom. The SMILES string of the molecule is COCCNC(=O)CN1c2ccccc2NC2=C(C(=O)CCC2)[C@H]1c1ccco1. The molecule has 1 atom stereocenters. The summed E-state index contributed by atoms with van der Waals surface area (Å²) in [7, 11) is 1.60. The van der Waals surface area contributed by atoms with Crippen molar-refractivity contribution < 1.29 is 18.7 Å². The van der Waals surface area contributed by atoms with Crippen LogP contribution >= 0.6 is 0 Å². The number of rotatable bonds is 6. The first-order chi connectivity index (χ1) is 14.2. The number of benzene rings is 1. The van der Waals surface area contributed by atoms with E-state index in [0.717, 1.165) is 29.9 Å². The molecule has 2 aromatic rings. The number of amides is 1. The molecule has 0 fully saturated rings. The van der Waals surface area contributed by atoms with Gasteiger partial charge in [0, 0.05) is 31.3 Å². The first-order valence-corrected chi connectivity index (χ1v) is 9.87. The minimum Gasteiger partial charge on any atom is -0.467 e. The van der Waals surface area contributed by atoms with E-state index in [-0.39, 0.29) is 18.2 Å². The zero-order chi connectivity index (χ0) is 20.2. The van der Waals surface area contributed by atoms with Gasteiger partial charge in [-0.3, -0.25) is 9.59 Å². The fraction of sp³-hybridized carbons (Fsp3) is 0.364. The molecule has 0 spiro atoms. The first-order valence-electron chi connectivity index (χ1n) is 9.87. The van der Waals surface area contributed by atoms with Crippen LogP contribution in [0.25, 0.3) is 0 Å². The Kier molecular flexibility index (Phi) is 5.67. The molecule has 2 aliphatic rings. The molecule has 1 aliphatic carbocycles. The molecule has 0 bridgehead atoms. The number of allylic oxidation sites excluding steroid dienone is 1. The van der Waals surface area contributed by atoms with Crippen LogP contribution in [0.15, 0.2) is 58.3 Å². The van der Waals surface area contributed by atoms with Gasteiger partial charge in [-0.15, -0.1) is 0 Å². The summed E-state index contributed by atoms with van der Waals surface area (Å²) in [6.45, 7) is 0.971. The second-order valence-electron chi connectivity index (χ2n) is 7.20. The summed E-state index contributed by atoms with van der Waals surface area (Å²) in [5.74, 6) is 0.606. The van der Waals surface area contributed by atoms with E-state index in [0.29, 0.717) is 30.9 Å². The number of para-hydroxylation sites is 2. The number of nitrogens with one attached hydrogen (secondary N) is 2. The van der Waals surface area contributed by atoms with Gasteiger partial charge in [0.15, 0.2) is 5.78 Å². The average molecular weight is 395 g/mol. The topological polar surface area (TPSA) is 83.8 Å². The highest BCUT2D eigenvalue weighted by atomic mass is 16.5. The average Bonchev–Trinajstić information content (AvgIpc) is 3.20. The van der Waals surface area contributed by atoms with Crippen molar-refractivity contribution in [2.24, 2.45) is 0 Å². The maximum absolute atomic E-state index is 13.0. The van der Waals surface area contributed by atoms with Crippen LogP contribution in [0.5, 0.6) is 0 Å². The van der Waals surface area contributed by atoms with Crippen LogP contribution in [0.3, 0.4) is 0 Å². The molecule has 1 aliphatic heterocycles. The first kappa shape index (κ1) is 19.3. The van der Waals surface area contributed by atoms with Crippen LogP contribution in [0.1, 0.15) is 31.1 Å². The third-order valence-corrected chi connectivity index (χ3v) is 5.30. The summed E-state index contributed by atoms with van der Waals surface area (Å²) in [4.78, 5) is 27.7. The molecule has 1 amide bonds. The van der Waals surface area contributed by atoms with Gasteiger partial charge in [0.05, 0.1) is 30.8 Å². The second kappa shape index (κ2) is 8.53. The number of ether oxygens (including phenoxy) is 1. The van der Waals surface area contributed by atoms with E-state index < -0.39 is 6.04 Å². The number of carbonyl (C=O) groups is 2. The predicted molar refractivity (Wildman–Crippen MR) is 110 cm³/mol. The Balaban J connectivity index is 1.79. The maximum Gasteiger partial charge on any atom is 0.239 e. The van der Waals surface area contributed by atoms with Crippen LogP contribution in [-0.2, 0) is 14.3 Å². The molecule has 2 N–H and O–H groups in total. The van der Waals surface area contributed by atoms with Crippen LogP contribution in [0, 0.1) is 0 Å². The number of nitrogens with zero attached hydrogens (tertiary/aromatic N) is 1. The molecule has 152 valence electrons. The van der Waals surface area contributed by atoms with E-state index in [1.54, 1.807) is 13.4 Å². The largest absolute Gasteiger partial charge is 0.467 e. The number of carbonyl (C=O) groups excluding carboxylic acids is 2. The van der Waals surface area contributed by atoms with Crippen molar-refractivity contribution >= 4 is 23.1 Å². The minimum absolute atomic E-state index is 0.0951. The molecular weight excluding hydrogens is 370 g/mol. The van der Waals surface area contributed by atoms with Crippen LogP contribution in [-0.4, -0.2) is 38.5 Å². The Bertz CT molecular complexity index is 920. The fourth-order valence-electron chi connectivity index (χ4n) is 4.02. The lowest BCUT2D eigenvalue weighted by Crippen LogP contribution is -2.41. The maximum atomic E-state index is 13.0. The summed E-state index contributed by atoms with van der Waals surface area (Å²) in [6, 6.07) is 11.0. The van der Waals surface area contributed by atoms with Crippen molar-refractivity contribution in [2.45, 2.75) is 25.3 Å². The van der Waals surface area contributed by atoms with Crippen molar-refractivity contribution in [3.05, 3.63) is 59.7 Å². The van der Waals surface area contributed by atoms with Crippen LogP contribution < -0.4 is 15.5 Å². The van der Waals surface area contributed by atoms with Crippen molar-refractivity contribution in [1.82, 2.24) is 5.32 Å². The van der Waals surface area contributed by atoms with Gasteiger partial charge < -0.3 is 24.7 Å². The number of hydrogen-bond acceptors (Lipinski definition) is 6. The number of hydrogen-bond donors (Lipinski definition) is 2. The van der Waals surface area contributed by atoms with Gasteiger partial charge in [-0.2, -0.15) is 0 Å². The Hall–Kier alpha value is -3.06. The number of Topliss-reactive ketones (excluding diaryl/α,β-unsaturated/α-hetero) is 1. The normalized spacial score (nSPS) is 18.6. The van der Waals surface area contributed by atoms with Crippen LogP contribution in [0.2, 0.25) is 0 Å². The zero-order valence-corrected chi connectivity index (χ0v) is 16.4.